The van der Waals surface area contributed by atoms with Gasteiger partial charge >= 0.3 is 17.4 Å². The number of alkyl halides is 2. The average Bonchev–Trinajstić information content (AvgIpc) is 0.701. The van der Waals surface area contributed by atoms with E-state index in [2.05, 4.69) is 243 Å². The van der Waals surface area contributed by atoms with Crippen LogP contribution >= 0.6 is 53.3 Å². The van der Waals surface area contributed by atoms with Crippen molar-refractivity contribution < 1.29 is 9.90 Å². The van der Waals surface area contributed by atoms with Gasteiger partial charge in [0.25, 0.3) is 0 Å². The lowest BCUT2D eigenvalue weighted by Crippen LogP contribution is -2.30. The first-order chi connectivity index (χ1) is 44.2. The third kappa shape index (κ3) is 14.9. The third-order valence-corrected chi connectivity index (χ3v) is 18.8. The molecule has 0 saturated heterocycles. The molecule has 11 aromatic rings. The van der Waals surface area contributed by atoms with Crippen molar-refractivity contribution in [1.82, 2.24) is 0 Å². The van der Waals surface area contributed by atoms with Crippen molar-refractivity contribution in [2.45, 2.75) is 128 Å². The molecule has 0 aliphatic heterocycles. The van der Waals surface area contributed by atoms with Crippen molar-refractivity contribution in [1.29, 1.82) is 0 Å². The van der Waals surface area contributed by atoms with Crippen molar-refractivity contribution >= 4 is 109 Å². The van der Waals surface area contributed by atoms with Crippen LogP contribution < -0.4 is 17.2 Å². The molecular weight excluding hydrogens is 1280 g/mol. The smallest absolute Gasteiger partial charge is 0.478 e. The van der Waals surface area contributed by atoms with Crippen molar-refractivity contribution in [3.05, 3.63) is 320 Å². The molecule has 2 unspecified atom stereocenters. The van der Waals surface area contributed by atoms with Gasteiger partial charge in [0.15, 0.2) is 0 Å². The second-order valence-corrected chi connectivity index (χ2v) is 32.7. The Hall–Kier alpha value is -7.21. The number of anilines is 3. The summed E-state index contributed by atoms with van der Waals surface area (Å²) < 4.78 is 0. The summed E-state index contributed by atoms with van der Waals surface area (Å²) in [6.07, 6.45) is 0. The molecule has 5 nitrogen and oxygen atoms in total. The Morgan fingerprint density at radius 3 is 1.15 bits per heavy atom. The van der Waals surface area contributed by atoms with Crippen LogP contribution in [0.15, 0.2) is 170 Å². The SMILES string of the molecule is C.Cc1cc(C)c2c(c1)C1c3ccccc3C2c2cc(C)c(C)cc21.Cc1cc(C)c2cc3c(C)cc(C)cc3cc2c1.Cc1cc2c(c(C)c1N)C1c3ccccc3C2c2cc(C)c(N)c(C)c21.Cc1cccc(C)c1.ClCCl.Nc1ccccc1C(=O)O.[Cl][Al]([Cl])[Cl]. The number of fused-ring (bicyclic) bond motifs is 2. The van der Waals surface area contributed by atoms with Gasteiger partial charge in [-0.15, -0.1) is 23.2 Å². The van der Waals surface area contributed by atoms with E-state index in [0.29, 0.717) is 17.5 Å². The number of aryl methyl sites for hydroxylation is 12. The van der Waals surface area contributed by atoms with Gasteiger partial charge < -0.3 is 22.3 Å². The molecule has 11 heteroatoms. The molecule has 0 spiro atoms. The van der Waals surface area contributed by atoms with Gasteiger partial charge in [-0.1, -0.05) is 181 Å². The van der Waals surface area contributed by atoms with Gasteiger partial charge in [-0.2, -0.15) is 0 Å². The lowest BCUT2D eigenvalue weighted by Gasteiger charge is -2.44. The highest BCUT2D eigenvalue weighted by atomic mass is 35.8. The minimum Gasteiger partial charge on any atom is -0.478 e. The van der Waals surface area contributed by atoms with Crippen LogP contribution in [0.1, 0.15) is 186 Å². The van der Waals surface area contributed by atoms with E-state index in [4.69, 9.17) is 75.7 Å². The summed E-state index contributed by atoms with van der Waals surface area (Å²) in [5, 5.41) is 14.1. The summed E-state index contributed by atoms with van der Waals surface area (Å²) in [6, 6.07) is 60.8. The quantitative estimate of drug-likeness (QED) is 0.0566. The molecule has 0 aromatic heterocycles. The van der Waals surface area contributed by atoms with Crippen LogP contribution in [0.5, 0.6) is 0 Å². The van der Waals surface area contributed by atoms with Crippen molar-refractivity contribution in [2.75, 3.05) is 22.5 Å². The minimum absolute atomic E-state index is 0. The molecule has 0 amide bonds. The Kier molecular flexibility index (Phi) is 23.7. The van der Waals surface area contributed by atoms with Crippen LogP contribution in [-0.2, 0) is 0 Å². The predicted octanol–water partition coefficient (Wildman–Crippen LogP) is 23.2. The van der Waals surface area contributed by atoms with E-state index in [1.54, 1.807) is 23.8 Å². The maximum absolute atomic E-state index is 10.3. The number of hydrogen-bond acceptors (Lipinski definition) is 4. The molecular formula is C83H87AlCl5N3O2. The number of para-hydroxylation sites is 1. The van der Waals surface area contributed by atoms with E-state index < -0.39 is 17.4 Å². The number of halogens is 5. The highest BCUT2D eigenvalue weighted by molar-refractivity contribution is 7.54. The molecule has 0 saturated carbocycles. The van der Waals surface area contributed by atoms with Crippen molar-refractivity contribution in [3.8, 4) is 0 Å². The van der Waals surface area contributed by atoms with Gasteiger partial charge in [0.1, 0.15) is 0 Å². The second kappa shape index (κ2) is 30.7. The molecule has 6 aliphatic carbocycles. The molecule has 0 heterocycles. The Bertz CT molecular complexity index is 4520. The van der Waals surface area contributed by atoms with E-state index in [-0.39, 0.29) is 30.2 Å². The normalized spacial score (nSPS) is 14.7. The topological polar surface area (TPSA) is 115 Å². The third-order valence-electron chi connectivity index (χ3n) is 18.8. The summed E-state index contributed by atoms with van der Waals surface area (Å²) in [4.78, 5) is 10.3. The standard InChI is InChI=1S/C24H24N2.C24H22.C18H18.C8H10.C7H7NO2.CH2Cl2.CH4.Al.3ClH/c1-11-9-17-19(13(3)23(11)25)22-16-8-6-5-7-15(16)21(17)18-10-12(2)24(26)14(4)20(18)22;1-13-9-16(4)22-21(10-13)23-17-7-5-6-8-18(17)24(22)20-12-15(3)14(2)11-19(20)23;1-11-5-13(3)17-10-18-14(4)6-12(2)8-16(18)9-15(17)7-11;1-7-4-3-5-8(2)6-7;8-6-4-2-1-3-5(6)7(9)10;2-1-3;;;;;/h5-10,21-22H,25-26H2,1-4H3;5-12,23-24H,1-4H3;5-10H,1-4H3;3-6H,1-2H3;1-4H,8H2,(H,9,10);1H2;1H4;;3*1H/q;;;;;;;+3;;;/p-3. The zero-order valence-electron chi connectivity index (χ0n) is 55.7. The van der Waals surface area contributed by atoms with E-state index >= 15 is 0 Å². The van der Waals surface area contributed by atoms with Gasteiger partial charge in [-0.25, -0.2) is 34.9 Å². The van der Waals surface area contributed by atoms with Crippen LogP contribution in [0.2, 0.25) is 0 Å². The molecule has 484 valence electrons. The van der Waals surface area contributed by atoms with Crippen LogP contribution in [0.3, 0.4) is 0 Å². The number of carboxylic acids is 1. The average molecular weight is 1360 g/mol. The number of carbonyl (C=O) groups is 1. The van der Waals surface area contributed by atoms with Gasteiger partial charge in [0.2, 0.25) is 0 Å². The van der Waals surface area contributed by atoms with Gasteiger partial charge in [0, 0.05) is 40.7 Å². The number of rotatable bonds is 1. The summed E-state index contributed by atoms with van der Waals surface area (Å²) in [5.41, 5.74) is 56.7. The number of benzene rings is 11. The second-order valence-electron chi connectivity index (χ2n) is 25.5. The fourth-order valence-electron chi connectivity index (χ4n) is 14.8. The summed E-state index contributed by atoms with van der Waals surface area (Å²) in [5.74, 6) is 0.312. The fourth-order valence-corrected chi connectivity index (χ4v) is 14.8. The molecule has 2 atom stereocenters. The van der Waals surface area contributed by atoms with E-state index in [1.807, 2.05) is 0 Å². The maximum Gasteiger partial charge on any atom is 0.643 e. The molecule has 94 heavy (non-hydrogen) atoms. The van der Waals surface area contributed by atoms with E-state index in [9.17, 15) is 4.79 Å². The molecule has 17 rings (SSSR count). The van der Waals surface area contributed by atoms with Gasteiger partial charge in [0.05, 0.1) is 10.9 Å². The van der Waals surface area contributed by atoms with Crippen molar-refractivity contribution in [2.24, 2.45) is 0 Å². The Balaban J connectivity index is 0.000000154. The number of aromatic carboxylic acids is 1. The fraction of sp³-hybridized carbons (Fsp3) is 0.241. The Morgan fingerprint density at radius 1 is 0.372 bits per heavy atom. The lowest BCUT2D eigenvalue weighted by molar-refractivity contribution is 0.0698. The number of carboxylic acid groups (broad SMARTS) is 1. The lowest BCUT2D eigenvalue weighted by atomic mass is 9.59. The highest BCUT2D eigenvalue weighted by Gasteiger charge is 2.45. The molecule has 0 radical (unpaired) electrons. The molecule has 6 aliphatic rings. The van der Waals surface area contributed by atoms with Gasteiger partial charge in [-0.3, -0.25) is 0 Å². The highest BCUT2D eigenvalue weighted by Crippen LogP contribution is 2.60. The Morgan fingerprint density at radius 2 is 0.734 bits per heavy atom. The number of nitrogens with two attached hydrogens (primary N) is 3. The summed E-state index contributed by atoms with van der Waals surface area (Å²) >= 11 is 7.81. The summed E-state index contributed by atoms with van der Waals surface area (Å²) in [7, 11) is 14.8. The number of nitrogen functional groups attached to an aromatic ring is 3. The molecule has 4 bridgehead atoms. The molecule has 7 N–H and O–H groups in total. The zero-order chi connectivity index (χ0) is 67.6. The van der Waals surface area contributed by atoms with Crippen LogP contribution in [0.25, 0.3) is 21.5 Å². The van der Waals surface area contributed by atoms with E-state index in [1.165, 1.54) is 167 Å². The predicted molar refractivity (Wildman–Crippen MR) is 410 cm³/mol. The first-order valence-electron chi connectivity index (χ1n) is 31.4. The van der Waals surface area contributed by atoms with E-state index in [0.717, 1.165) is 11.4 Å². The van der Waals surface area contributed by atoms with Crippen LogP contribution in [0, 0.1) is 96.9 Å². The van der Waals surface area contributed by atoms with Crippen LogP contribution in [-0.4, -0.2) is 27.8 Å². The molecule has 11 aromatic carbocycles. The largest absolute Gasteiger partial charge is 0.643 e. The minimum atomic E-state index is -1.72. The first kappa shape index (κ1) is 72.6. The Labute approximate surface area is 585 Å². The van der Waals surface area contributed by atoms with Gasteiger partial charge in [-0.05, 0) is 260 Å². The zero-order valence-corrected chi connectivity index (χ0v) is 60.7. The van der Waals surface area contributed by atoms with Crippen molar-refractivity contribution in [3.63, 3.8) is 0 Å². The van der Waals surface area contributed by atoms with Crippen LogP contribution in [0.4, 0.5) is 17.1 Å². The summed E-state index contributed by atoms with van der Waals surface area (Å²) in [6.45, 7) is 30.5. The number of hydrogen-bond donors (Lipinski definition) is 4. The molecule has 0 fully saturated rings. The maximum atomic E-state index is 10.3. The first-order valence-corrected chi connectivity index (χ1v) is 37.7. The monoisotopic (exact) mass is 1360 g/mol.